The predicted molar refractivity (Wildman–Crippen MR) is 131 cm³/mol. The van der Waals surface area contributed by atoms with Gasteiger partial charge in [-0.05, 0) is 35.2 Å². The number of rotatable bonds is 5. The van der Waals surface area contributed by atoms with Gasteiger partial charge >= 0.3 is 0 Å². The van der Waals surface area contributed by atoms with Crippen LogP contribution >= 0.6 is 11.6 Å². The number of anilines is 1. The summed E-state index contributed by atoms with van der Waals surface area (Å²) in [5.74, 6) is 0.0956. The van der Waals surface area contributed by atoms with Crippen LogP contribution in [0.5, 0.6) is 5.75 Å². The fourth-order valence-corrected chi connectivity index (χ4v) is 4.49. The highest BCUT2D eigenvalue weighted by Gasteiger charge is 2.34. The summed E-state index contributed by atoms with van der Waals surface area (Å²) in [7, 11) is 0. The van der Waals surface area contributed by atoms with Crippen molar-refractivity contribution in [2.24, 2.45) is 5.10 Å². The third-order valence-electron chi connectivity index (χ3n) is 6.10. The summed E-state index contributed by atoms with van der Waals surface area (Å²) >= 11 is 6.08. The SMILES string of the molecule is [O-][NH+](O)c1ccc(N2N=C(c3ccc4ccccc4c3O)CC2c2ccc(Cl)cc2)c([NH+]([O-])O)c1. The smallest absolute Gasteiger partial charge is 0.195 e. The molecule has 1 aliphatic rings. The molecule has 0 saturated heterocycles. The average Bonchev–Trinajstić information content (AvgIpc) is 3.29. The molecule has 0 saturated carbocycles. The van der Waals surface area contributed by atoms with Gasteiger partial charge < -0.3 is 15.5 Å². The molecule has 0 bridgehead atoms. The van der Waals surface area contributed by atoms with Crippen LogP contribution in [0.2, 0.25) is 5.02 Å². The molecule has 1 heterocycles. The largest absolute Gasteiger partial charge is 0.595 e. The molecule has 4 aromatic carbocycles. The molecule has 3 atom stereocenters. The van der Waals surface area contributed by atoms with Gasteiger partial charge in [-0.25, -0.2) is 10.4 Å². The molecule has 4 aromatic rings. The molecule has 3 unspecified atom stereocenters. The van der Waals surface area contributed by atoms with E-state index in [0.717, 1.165) is 17.0 Å². The number of hydrazone groups is 1. The molecule has 10 heteroatoms. The van der Waals surface area contributed by atoms with Crippen molar-refractivity contribution >= 4 is 45.1 Å². The number of nitrogens with one attached hydrogen (secondary N) is 2. The van der Waals surface area contributed by atoms with E-state index < -0.39 is 16.5 Å². The maximum Gasteiger partial charge on any atom is 0.195 e. The van der Waals surface area contributed by atoms with Crippen LogP contribution in [-0.2, 0) is 0 Å². The van der Waals surface area contributed by atoms with Crippen LogP contribution in [0.25, 0.3) is 10.8 Å². The number of hydrogen-bond donors (Lipinski definition) is 5. The minimum absolute atomic E-state index is 0.0956. The lowest BCUT2D eigenvalue weighted by molar-refractivity contribution is -0.996. The lowest BCUT2D eigenvalue weighted by Gasteiger charge is -2.27. The van der Waals surface area contributed by atoms with Crippen molar-refractivity contribution < 1.29 is 26.0 Å². The Morgan fingerprint density at radius 3 is 2.37 bits per heavy atom. The number of hydrogen-bond acceptors (Lipinski definition) is 7. The molecular weight excluding hydrogens is 472 g/mol. The van der Waals surface area contributed by atoms with Crippen LogP contribution in [0.3, 0.4) is 0 Å². The molecule has 35 heavy (non-hydrogen) atoms. The maximum absolute atomic E-state index is 12.1. The van der Waals surface area contributed by atoms with E-state index in [-0.39, 0.29) is 22.8 Å². The van der Waals surface area contributed by atoms with Crippen molar-refractivity contribution in [3.63, 3.8) is 0 Å². The lowest BCUT2D eigenvalue weighted by Crippen LogP contribution is -3.00. The number of quaternary nitrogens is 2. The molecule has 0 aliphatic carbocycles. The second-order valence-corrected chi connectivity index (χ2v) is 8.62. The zero-order chi connectivity index (χ0) is 24.7. The van der Waals surface area contributed by atoms with Gasteiger partial charge in [-0.15, -0.1) is 0 Å². The standard InChI is InChI=1S/C25H21ClN4O5/c26-17-8-5-16(6-9-17)23-14-21(20-11-7-15-3-1-2-4-19(15)25(20)31)27-28(23)22-12-10-18(29(32)33)13-24(22)30(34)35/h1-13,23,29-32,34H,14H2. The first-order valence-corrected chi connectivity index (χ1v) is 11.1. The van der Waals surface area contributed by atoms with Crippen molar-refractivity contribution in [2.45, 2.75) is 12.5 Å². The molecule has 0 aromatic heterocycles. The monoisotopic (exact) mass is 492 g/mol. The summed E-state index contributed by atoms with van der Waals surface area (Å²) in [4.78, 5) is 0. The van der Waals surface area contributed by atoms with Gasteiger partial charge in [-0.1, -0.05) is 54.1 Å². The third kappa shape index (κ3) is 4.33. The van der Waals surface area contributed by atoms with E-state index in [1.807, 2.05) is 42.5 Å². The van der Waals surface area contributed by atoms with Crippen molar-refractivity contribution in [3.05, 3.63) is 105 Å². The molecule has 0 radical (unpaired) electrons. The van der Waals surface area contributed by atoms with E-state index in [1.165, 1.54) is 12.1 Å². The zero-order valence-electron chi connectivity index (χ0n) is 18.2. The van der Waals surface area contributed by atoms with Gasteiger partial charge in [0, 0.05) is 28.5 Å². The van der Waals surface area contributed by atoms with E-state index in [9.17, 15) is 25.9 Å². The van der Waals surface area contributed by atoms with Gasteiger partial charge in [-0.2, -0.15) is 15.6 Å². The molecule has 0 amide bonds. The fourth-order valence-electron chi connectivity index (χ4n) is 4.37. The first kappa shape index (κ1) is 23.2. The average molecular weight is 493 g/mol. The Morgan fingerprint density at radius 2 is 1.66 bits per heavy atom. The molecular formula is C25H21ClN4O5. The van der Waals surface area contributed by atoms with E-state index in [0.29, 0.717) is 28.1 Å². The van der Waals surface area contributed by atoms with Gasteiger partial charge in [0.2, 0.25) is 0 Å². The van der Waals surface area contributed by atoms with Crippen molar-refractivity contribution in [1.82, 2.24) is 0 Å². The van der Waals surface area contributed by atoms with Crippen LogP contribution in [0.1, 0.15) is 23.6 Å². The van der Waals surface area contributed by atoms with Gasteiger partial charge in [0.05, 0.1) is 17.8 Å². The van der Waals surface area contributed by atoms with Gasteiger partial charge in [0.1, 0.15) is 11.4 Å². The minimum Gasteiger partial charge on any atom is -0.595 e. The Kier molecular flexibility index (Phi) is 6.13. The van der Waals surface area contributed by atoms with Crippen LogP contribution in [0.15, 0.2) is 84.0 Å². The molecule has 5 rings (SSSR count). The number of nitrogens with zero attached hydrogens (tertiary/aromatic N) is 2. The first-order valence-electron chi connectivity index (χ1n) is 10.8. The second kappa shape index (κ2) is 9.25. The number of phenolic OH excluding ortho intramolecular Hbond substituents is 1. The fraction of sp³-hybridized carbons (Fsp3) is 0.0800. The van der Waals surface area contributed by atoms with Crippen molar-refractivity contribution in [3.8, 4) is 5.75 Å². The Morgan fingerprint density at radius 1 is 0.914 bits per heavy atom. The quantitative estimate of drug-likeness (QED) is 0.271. The lowest BCUT2D eigenvalue weighted by atomic mass is 9.96. The highest BCUT2D eigenvalue weighted by Crippen LogP contribution is 2.41. The summed E-state index contributed by atoms with van der Waals surface area (Å²) in [6, 6.07) is 21.8. The van der Waals surface area contributed by atoms with Gasteiger partial charge in [0.15, 0.2) is 11.4 Å². The summed E-state index contributed by atoms with van der Waals surface area (Å²) in [5.41, 5.74) is 1.89. The van der Waals surface area contributed by atoms with Crippen LogP contribution < -0.4 is 15.5 Å². The maximum atomic E-state index is 12.1. The van der Waals surface area contributed by atoms with Crippen LogP contribution in [0.4, 0.5) is 17.1 Å². The predicted octanol–water partition coefficient (Wildman–Crippen LogP) is 3.36. The zero-order valence-corrected chi connectivity index (χ0v) is 19.0. The Bertz CT molecular complexity index is 1430. The topological polar surface area (TPSA) is 131 Å². The van der Waals surface area contributed by atoms with Crippen LogP contribution in [0, 0.1) is 10.4 Å². The molecule has 1 aliphatic heterocycles. The summed E-state index contributed by atoms with van der Waals surface area (Å²) in [6.45, 7) is 0. The highest BCUT2D eigenvalue weighted by atomic mass is 35.5. The van der Waals surface area contributed by atoms with E-state index in [2.05, 4.69) is 0 Å². The summed E-state index contributed by atoms with van der Waals surface area (Å²) in [6.07, 6.45) is 0.382. The third-order valence-corrected chi connectivity index (χ3v) is 6.35. The summed E-state index contributed by atoms with van der Waals surface area (Å²) < 4.78 is 0. The molecule has 178 valence electrons. The highest BCUT2D eigenvalue weighted by molar-refractivity contribution is 6.30. The Hall–Kier alpha value is -3.54. The van der Waals surface area contributed by atoms with E-state index in [4.69, 9.17) is 16.7 Å². The Labute approximate surface area is 205 Å². The number of fused-ring (bicyclic) bond motifs is 1. The first-order chi connectivity index (χ1) is 16.8. The van der Waals surface area contributed by atoms with Crippen molar-refractivity contribution in [2.75, 3.05) is 5.01 Å². The minimum atomic E-state index is -1.27. The van der Waals surface area contributed by atoms with Gasteiger partial charge in [-0.3, -0.25) is 5.01 Å². The summed E-state index contributed by atoms with van der Waals surface area (Å²) in [5, 5.41) is 59.7. The number of phenols is 1. The van der Waals surface area contributed by atoms with Gasteiger partial charge in [0.25, 0.3) is 0 Å². The molecule has 0 fully saturated rings. The normalized spacial score (nSPS) is 17.5. The molecule has 5 N–H and O–H groups in total. The molecule has 9 nitrogen and oxygen atoms in total. The van der Waals surface area contributed by atoms with E-state index >= 15 is 0 Å². The number of aromatic hydroxyl groups is 1. The number of benzene rings is 4. The second-order valence-electron chi connectivity index (χ2n) is 8.19. The Balaban J connectivity index is 1.66. The van der Waals surface area contributed by atoms with Crippen LogP contribution in [-0.4, -0.2) is 21.2 Å². The number of halogens is 1. The van der Waals surface area contributed by atoms with Crippen molar-refractivity contribution in [1.29, 1.82) is 0 Å². The van der Waals surface area contributed by atoms with E-state index in [1.54, 1.807) is 23.2 Å². The molecule has 0 spiro atoms.